The van der Waals surface area contributed by atoms with E-state index >= 15 is 0 Å². The van der Waals surface area contributed by atoms with Gasteiger partial charge in [0.25, 0.3) is 0 Å². The van der Waals surface area contributed by atoms with Crippen LogP contribution in [-0.2, 0) is 0 Å². The van der Waals surface area contributed by atoms with Crippen LogP contribution in [0.3, 0.4) is 0 Å². The normalized spacial score (nSPS) is 8.57. The molecule has 0 atom stereocenters. The van der Waals surface area contributed by atoms with E-state index in [2.05, 4.69) is 12.6 Å². The Hall–Kier alpha value is 0.135. The van der Waals surface area contributed by atoms with Gasteiger partial charge in [-0.05, 0) is 0 Å². The average molecular weight is 260 g/mol. The predicted octanol–water partition coefficient (Wildman–Crippen LogP) is -1.13. The molecule has 0 heterocycles. The molecule has 0 bridgehead atoms. The molecule has 1 rings (SSSR count). The Balaban J connectivity index is 0. The molecule has 0 radical (unpaired) electrons. The van der Waals surface area contributed by atoms with Crippen molar-refractivity contribution in [2.24, 2.45) is 0 Å². The van der Waals surface area contributed by atoms with E-state index in [1.807, 2.05) is 18.2 Å². The van der Waals surface area contributed by atoms with Crippen LogP contribution in [0.1, 0.15) is 5.56 Å². The Labute approximate surface area is 132 Å². The standard InChI is InChI=1S/C11H9O.H2O.Rb/c1-2-3-5-10-6-4-7-11(12)9-8-10;;/h2-6,8-9H,1H2;1H2;/q-1;;+1/p-1/b5-3+;;. The molecule has 0 unspecified atom stereocenters. The minimum absolute atomic E-state index is 0. The van der Waals surface area contributed by atoms with E-state index in [1.54, 1.807) is 18.2 Å². The average Bonchev–Trinajstić information content (AvgIpc) is 2.27. The van der Waals surface area contributed by atoms with Crippen molar-refractivity contribution in [3.8, 4) is 0 Å². The molecule has 68 valence electrons. The van der Waals surface area contributed by atoms with Gasteiger partial charge in [-0.15, -0.1) is 18.2 Å². The Bertz CT molecular complexity index is 358. The number of allylic oxidation sites excluding steroid dienone is 2. The molecule has 0 saturated carbocycles. The van der Waals surface area contributed by atoms with Gasteiger partial charge in [-0.25, -0.2) is 0 Å². The van der Waals surface area contributed by atoms with Crippen LogP contribution in [-0.4, -0.2) is 5.48 Å². The molecule has 0 aliphatic carbocycles. The molecule has 1 aromatic rings. The fourth-order valence-electron chi connectivity index (χ4n) is 0.786. The Morgan fingerprint density at radius 2 is 2.00 bits per heavy atom. The second-order valence-corrected chi connectivity index (χ2v) is 2.27. The quantitative estimate of drug-likeness (QED) is 0.499. The van der Waals surface area contributed by atoms with Crippen LogP contribution >= 0.6 is 0 Å². The third-order valence-electron chi connectivity index (χ3n) is 1.35. The van der Waals surface area contributed by atoms with Gasteiger partial charge in [0, 0.05) is 0 Å². The van der Waals surface area contributed by atoms with Gasteiger partial charge in [0.1, 0.15) is 0 Å². The largest absolute Gasteiger partial charge is 1.00 e. The first-order valence-electron chi connectivity index (χ1n) is 3.64. The maximum atomic E-state index is 10.8. The molecular formula is C11H10O2Rb-. The summed E-state index contributed by atoms with van der Waals surface area (Å²) in [5.74, 6) is 0. The Kier molecular flexibility index (Phi) is 11.5. The van der Waals surface area contributed by atoms with Gasteiger partial charge in [-0.2, -0.15) is 12.1 Å². The Morgan fingerprint density at radius 3 is 2.64 bits per heavy atom. The third-order valence-corrected chi connectivity index (χ3v) is 1.35. The van der Waals surface area contributed by atoms with Crippen molar-refractivity contribution in [1.82, 2.24) is 0 Å². The molecule has 0 aliphatic rings. The predicted molar refractivity (Wildman–Crippen MR) is 52.7 cm³/mol. The zero-order valence-electron chi connectivity index (χ0n) is 8.10. The van der Waals surface area contributed by atoms with Crippen LogP contribution in [0.15, 0.2) is 47.8 Å². The molecular weight excluding hydrogens is 250 g/mol. The van der Waals surface area contributed by atoms with Gasteiger partial charge in [-0.1, -0.05) is 30.4 Å². The van der Waals surface area contributed by atoms with Gasteiger partial charge in [0.05, 0.1) is 5.43 Å². The van der Waals surface area contributed by atoms with Crippen molar-refractivity contribution in [2.45, 2.75) is 0 Å². The summed E-state index contributed by atoms with van der Waals surface area (Å²) in [6, 6.07) is 9.24. The van der Waals surface area contributed by atoms with Crippen LogP contribution in [0.25, 0.3) is 6.08 Å². The van der Waals surface area contributed by atoms with Crippen LogP contribution in [0.4, 0.5) is 0 Å². The molecule has 0 aliphatic heterocycles. The number of hydrogen-bond acceptors (Lipinski definition) is 2. The van der Waals surface area contributed by atoms with Gasteiger partial charge < -0.3 is 10.3 Å². The number of hydrogen-bond donors (Lipinski definition) is 0. The molecule has 1 N–H and O–H groups in total. The fraction of sp³-hybridized carbons (Fsp3) is 0. The fourth-order valence-corrected chi connectivity index (χ4v) is 0.786. The monoisotopic (exact) mass is 259 g/mol. The molecule has 0 fully saturated rings. The van der Waals surface area contributed by atoms with Crippen LogP contribution in [0.2, 0.25) is 0 Å². The van der Waals surface area contributed by atoms with Crippen molar-refractivity contribution in [3.63, 3.8) is 0 Å². The van der Waals surface area contributed by atoms with Crippen LogP contribution < -0.4 is 63.6 Å². The smallest absolute Gasteiger partial charge is 0.870 e. The molecule has 14 heavy (non-hydrogen) atoms. The molecule has 0 spiro atoms. The minimum atomic E-state index is -0.103. The SMILES string of the molecule is C=C/C=C/c1cc[c-]c(=O)cc1.[OH-].[Rb+]. The van der Waals surface area contributed by atoms with E-state index in [1.165, 1.54) is 6.07 Å². The molecule has 0 amide bonds. The van der Waals surface area contributed by atoms with Crippen molar-refractivity contribution >= 4 is 6.08 Å². The zero-order chi connectivity index (χ0) is 8.81. The van der Waals surface area contributed by atoms with Crippen LogP contribution in [0, 0.1) is 6.07 Å². The van der Waals surface area contributed by atoms with E-state index in [0.717, 1.165) is 5.56 Å². The van der Waals surface area contributed by atoms with Gasteiger partial charge in [0.2, 0.25) is 0 Å². The summed E-state index contributed by atoms with van der Waals surface area (Å²) in [4.78, 5) is 10.8. The third kappa shape index (κ3) is 6.57. The summed E-state index contributed by atoms with van der Waals surface area (Å²) in [5.41, 5.74) is 0.863. The van der Waals surface area contributed by atoms with Gasteiger partial charge in [0.15, 0.2) is 0 Å². The summed E-state index contributed by atoms with van der Waals surface area (Å²) in [6.45, 7) is 3.55. The van der Waals surface area contributed by atoms with Gasteiger partial charge in [-0.3, -0.25) is 0 Å². The summed E-state index contributed by atoms with van der Waals surface area (Å²) in [7, 11) is 0. The van der Waals surface area contributed by atoms with Crippen molar-refractivity contribution < 1.29 is 63.7 Å². The topological polar surface area (TPSA) is 47.1 Å². The first-order chi connectivity index (χ1) is 5.83. The molecule has 2 nitrogen and oxygen atoms in total. The second-order valence-electron chi connectivity index (χ2n) is 2.27. The van der Waals surface area contributed by atoms with Crippen molar-refractivity contribution in [3.05, 3.63) is 64.8 Å². The summed E-state index contributed by atoms with van der Waals surface area (Å²) >= 11 is 0. The summed E-state index contributed by atoms with van der Waals surface area (Å²) in [5, 5.41) is 0. The van der Waals surface area contributed by atoms with Gasteiger partial charge >= 0.3 is 58.2 Å². The van der Waals surface area contributed by atoms with Crippen LogP contribution in [0.5, 0.6) is 0 Å². The molecule has 0 aromatic heterocycles. The molecule has 0 saturated heterocycles. The van der Waals surface area contributed by atoms with Crippen molar-refractivity contribution in [1.29, 1.82) is 0 Å². The van der Waals surface area contributed by atoms with E-state index in [-0.39, 0.29) is 69.1 Å². The first-order valence-corrected chi connectivity index (χ1v) is 3.64. The van der Waals surface area contributed by atoms with E-state index in [4.69, 9.17) is 0 Å². The summed E-state index contributed by atoms with van der Waals surface area (Å²) in [6.07, 6.45) is 5.38. The van der Waals surface area contributed by atoms with E-state index in [9.17, 15) is 4.79 Å². The minimum Gasteiger partial charge on any atom is -0.870 e. The van der Waals surface area contributed by atoms with Crippen molar-refractivity contribution in [2.75, 3.05) is 0 Å². The first kappa shape index (κ1) is 16.6. The maximum Gasteiger partial charge on any atom is 1.00 e. The second kappa shape index (κ2) is 9.68. The maximum absolute atomic E-state index is 10.8. The van der Waals surface area contributed by atoms with E-state index < -0.39 is 0 Å². The molecule has 1 aromatic carbocycles. The number of rotatable bonds is 2. The Morgan fingerprint density at radius 1 is 1.29 bits per heavy atom. The summed E-state index contributed by atoms with van der Waals surface area (Å²) < 4.78 is 0. The van der Waals surface area contributed by atoms with E-state index in [0.29, 0.717) is 0 Å². The molecule has 3 heteroatoms. The zero-order valence-corrected chi connectivity index (χ0v) is 13.0.